The standard InChI is InChI=1S/C8H9ClO3/c1-5(2)7(10)4-6(3)8(11)12-9/h4H,1H2,2-3H3/b6-4+. The number of carbonyl (C=O) groups excluding carboxylic acids is 2. The van der Waals surface area contributed by atoms with E-state index in [0.29, 0.717) is 5.57 Å². The van der Waals surface area contributed by atoms with Crippen molar-refractivity contribution in [1.82, 2.24) is 0 Å². The van der Waals surface area contributed by atoms with Crippen LogP contribution in [0.4, 0.5) is 0 Å². The van der Waals surface area contributed by atoms with Crippen molar-refractivity contribution >= 4 is 23.6 Å². The van der Waals surface area contributed by atoms with E-state index >= 15 is 0 Å². The first-order chi connectivity index (χ1) is 5.49. The van der Waals surface area contributed by atoms with Crippen molar-refractivity contribution in [3.8, 4) is 0 Å². The lowest BCUT2D eigenvalue weighted by Crippen LogP contribution is -2.02. The second-order valence-corrected chi connectivity index (χ2v) is 2.49. The molecule has 0 saturated carbocycles. The van der Waals surface area contributed by atoms with Crippen LogP contribution in [0.2, 0.25) is 0 Å². The van der Waals surface area contributed by atoms with Crippen LogP contribution in [-0.4, -0.2) is 11.8 Å². The molecule has 0 aromatic carbocycles. The smallest absolute Gasteiger partial charge is 0.343 e. The lowest BCUT2D eigenvalue weighted by atomic mass is 10.1. The van der Waals surface area contributed by atoms with Crippen LogP contribution >= 0.6 is 11.9 Å². The molecule has 66 valence electrons. The molecule has 0 amide bonds. The fourth-order valence-corrected chi connectivity index (χ4v) is 0.561. The quantitative estimate of drug-likeness (QED) is 0.634. The van der Waals surface area contributed by atoms with Gasteiger partial charge in [-0.15, -0.1) is 0 Å². The minimum Gasteiger partial charge on any atom is -0.343 e. The highest BCUT2D eigenvalue weighted by molar-refractivity contribution is 6.17. The average molecular weight is 189 g/mol. The molecule has 0 N–H and O–H groups in total. The summed E-state index contributed by atoms with van der Waals surface area (Å²) in [5.41, 5.74) is 0.509. The van der Waals surface area contributed by atoms with Gasteiger partial charge in [0.05, 0.1) is 0 Å². The lowest BCUT2D eigenvalue weighted by Gasteiger charge is -1.94. The SMILES string of the molecule is C=C(C)C(=O)/C=C(\C)C(=O)OCl. The Balaban J connectivity index is 4.46. The van der Waals surface area contributed by atoms with E-state index in [4.69, 9.17) is 11.9 Å². The highest BCUT2D eigenvalue weighted by Gasteiger charge is 2.07. The molecular weight excluding hydrogens is 180 g/mol. The molecule has 0 rings (SSSR count). The normalized spacial score (nSPS) is 10.8. The van der Waals surface area contributed by atoms with Gasteiger partial charge in [-0.3, -0.25) is 4.79 Å². The summed E-state index contributed by atoms with van der Waals surface area (Å²) in [6.45, 7) is 6.40. The van der Waals surface area contributed by atoms with E-state index in [0.717, 1.165) is 6.08 Å². The maximum absolute atomic E-state index is 10.9. The van der Waals surface area contributed by atoms with Gasteiger partial charge in [-0.1, -0.05) is 6.58 Å². The van der Waals surface area contributed by atoms with E-state index in [1.807, 2.05) is 0 Å². The summed E-state index contributed by atoms with van der Waals surface area (Å²) >= 11 is 4.79. The third kappa shape index (κ3) is 3.34. The number of hydrogen-bond acceptors (Lipinski definition) is 3. The second-order valence-electron chi connectivity index (χ2n) is 2.34. The molecule has 0 saturated heterocycles. The predicted molar refractivity (Wildman–Crippen MR) is 45.5 cm³/mol. The van der Waals surface area contributed by atoms with Crippen molar-refractivity contribution < 1.29 is 13.9 Å². The van der Waals surface area contributed by atoms with Crippen LogP contribution in [0.25, 0.3) is 0 Å². The minimum atomic E-state index is -0.730. The summed E-state index contributed by atoms with van der Waals surface area (Å²) in [5, 5.41) is 0. The molecule has 0 atom stereocenters. The second kappa shape index (κ2) is 4.72. The maximum atomic E-state index is 10.9. The Morgan fingerprint density at radius 2 is 1.92 bits per heavy atom. The molecule has 0 aromatic heterocycles. The maximum Gasteiger partial charge on any atom is 0.352 e. The molecular formula is C8H9ClO3. The lowest BCUT2D eigenvalue weighted by molar-refractivity contribution is -0.129. The molecule has 0 spiro atoms. The highest BCUT2D eigenvalue weighted by Crippen LogP contribution is 2.01. The Labute approximate surface area is 75.8 Å². The zero-order valence-corrected chi connectivity index (χ0v) is 7.64. The first kappa shape index (κ1) is 10.9. The molecule has 4 heteroatoms. The Bertz CT molecular complexity index is 253. The van der Waals surface area contributed by atoms with Gasteiger partial charge in [-0.2, -0.15) is 0 Å². The summed E-state index contributed by atoms with van der Waals surface area (Å²) in [7, 11) is 0. The Morgan fingerprint density at radius 3 is 2.25 bits per heavy atom. The number of halogens is 1. The van der Waals surface area contributed by atoms with Gasteiger partial charge in [0.1, 0.15) is 11.9 Å². The Morgan fingerprint density at radius 1 is 1.42 bits per heavy atom. The molecule has 0 radical (unpaired) electrons. The molecule has 0 unspecified atom stereocenters. The third-order valence-corrected chi connectivity index (χ3v) is 1.30. The van der Waals surface area contributed by atoms with Gasteiger partial charge in [0.2, 0.25) is 0 Å². The fourth-order valence-electron chi connectivity index (χ4n) is 0.440. The number of rotatable bonds is 3. The van der Waals surface area contributed by atoms with E-state index in [1.54, 1.807) is 6.92 Å². The van der Waals surface area contributed by atoms with Gasteiger partial charge in [-0.25, -0.2) is 4.79 Å². The van der Waals surface area contributed by atoms with E-state index in [2.05, 4.69) is 10.9 Å². The highest BCUT2D eigenvalue weighted by atomic mass is 35.5. The van der Waals surface area contributed by atoms with E-state index in [1.165, 1.54) is 6.92 Å². The monoisotopic (exact) mass is 188 g/mol. The number of ketones is 1. The predicted octanol–water partition coefficient (Wildman–Crippen LogP) is 1.77. The van der Waals surface area contributed by atoms with Gasteiger partial charge < -0.3 is 4.29 Å². The van der Waals surface area contributed by atoms with E-state index < -0.39 is 5.97 Å². The molecule has 0 aliphatic carbocycles. The van der Waals surface area contributed by atoms with Gasteiger partial charge in [0.25, 0.3) is 0 Å². The fraction of sp³-hybridized carbons (Fsp3) is 0.250. The number of carbonyl (C=O) groups is 2. The number of allylic oxidation sites excluding steroid dienone is 2. The van der Waals surface area contributed by atoms with Crippen molar-refractivity contribution in [2.45, 2.75) is 13.8 Å². The van der Waals surface area contributed by atoms with Crippen LogP contribution in [0.1, 0.15) is 13.8 Å². The van der Waals surface area contributed by atoms with Crippen molar-refractivity contribution in [3.05, 3.63) is 23.8 Å². The summed E-state index contributed by atoms with van der Waals surface area (Å²) in [6.07, 6.45) is 1.13. The first-order valence-electron chi connectivity index (χ1n) is 3.20. The van der Waals surface area contributed by atoms with Gasteiger partial charge >= 0.3 is 5.97 Å². The molecule has 0 aromatic rings. The summed E-state index contributed by atoms with van der Waals surface area (Å²) < 4.78 is 3.88. The van der Waals surface area contributed by atoms with Crippen molar-refractivity contribution in [1.29, 1.82) is 0 Å². The largest absolute Gasteiger partial charge is 0.352 e. The van der Waals surface area contributed by atoms with E-state index in [9.17, 15) is 9.59 Å². The summed E-state index contributed by atoms with van der Waals surface area (Å²) in [5.74, 6) is -1.04. The van der Waals surface area contributed by atoms with Gasteiger partial charge in [0.15, 0.2) is 5.78 Å². The van der Waals surface area contributed by atoms with Gasteiger partial charge in [0, 0.05) is 5.57 Å². The van der Waals surface area contributed by atoms with Crippen LogP contribution in [0, 0.1) is 0 Å². The third-order valence-electron chi connectivity index (χ3n) is 1.16. The van der Waals surface area contributed by atoms with E-state index in [-0.39, 0.29) is 11.4 Å². The van der Waals surface area contributed by atoms with Crippen molar-refractivity contribution in [2.75, 3.05) is 0 Å². The molecule has 3 nitrogen and oxygen atoms in total. The van der Waals surface area contributed by atoms with Crippen LogP contribution in [0.5, 0.6) is 0 Å². The summed E-state index contributed by atoms with van der Waals surface area (Å²) in [6, 6.07) is 0. The van der Waals surface area contributed by atoms with Crippen LogP contribution < -0.4 is 0 Å². The Hall–Kier alpha value is -1.09. The average Bonchev–Trinajstić information content (AvgIpc) is 2.02. The minimum absolute atomic E-state index is 0.151. The van der Waals surface area contributed by atoms with Gasteiger partial charge in [-0.05, 0) is 25.5 Å². The molecule has 0 fully saturated rings. The molecule has 0 heterocycles. The summed E-state index contributed by atoms with van der Waals surface area (Å²) in [4.78, 5) is 21.6. The van der Waals surface area contributed by atoms with Crippen LogP contribution in [0.15, 0.2) is 23.8 Å². The van der Waals surface area contributed by atoms with Crippen LogP contribution in [-0.2, 0) is 13.9 Å². The number of hydrogen-bond donors (Lipinski definition) is 0. The zero-order valence-electron chi connectivity index (χ0n) is 6.89. The molecule has 12 heavy (non-hydrogen) atoms. The Kier molecular flexibility index (Phi) is 4.29. The van der Waals surface area contributed by atoms with Crippen molar-refractivity contribution in [2.24, 2.45) is 0 Å². The topological polar surface area (TPSA) is 43.4 Å². The van der Waals surface area contributed by atoms with Crippen molar-refractivity contribution in [3.63, 3.8) is 0 Å². The molecule has 0 bridgehead atoms. The first-order valence-corrected chi connectivity index (χ1v) is 3.51. The molecule has 0 aliphatic rings. The molecule has 0 aliphatic heterocycles. The zero-order chi connectivity index (χ0) is 9.72. The van der Waals surface area contributed by atoms with Crippen LogP contribution in [0.3, 0.4) is 0 Å².